The minimum absolute atomic E-state index is 0.0157. The molecule has 1 atom stereocenters. The monoisotopic (exact) mass is 309 g/mol. The van der Waals surface area contributed by atoms with E-state index in [9.17, 15) is 19.5 Å². The number of carbonyl (C=O) groups is 3. The van der Waals surface area contributed by atoms with Crippen molar-refractivity contribution in [1.29, 1.82) is 0 Å². The first-order chi connectivity index (χ1) is 10.1. The summed E-state index contributed by atoms with van der Waals surface area (Å²) in [5, 5.41) is 14.0. The molecule has 3 heterocycles. The van der Waals surface area contributed by atoms with Gasteiger partial charge in [0, 0.05) is 24.5 Å². The van der Waals surface area contributed by atoms with Crippen LogP contribution in [0.15, 0.2) is 11.4 Å². The molecule has 1 saturated heterocycles. The van der Waals surface area contributed by atoms with Crippen molar-refractivity contribution < 1.29 is 19.5 Å². The molecule has 0 bridgehead atoms. The maximum absolute atomic E-state index is 12.6. The van der Waals surface area contributed by atoms with E-state index in [1.165, 1.54) is 21.1 Å². The minimum Gasteiger partial charge on any atom is -0.479 e. The summed E-state index contributed by atoms with van der Waals surface area (Å²) in [7, 11) is 0. The molecule has 3 rings (SSSR count). The Labute approximate surface area is 125 Å². The van der Waals surface area contributed by atoms with Crippen molar-refractivity contribution in [2.24, 2.45) is 0 Å². The van der Waals surface area contributed by atoms with Crippen LogP contribution in [0.2, 0.25) is 0 Å². The number of hydrogen-bond donors (Lipinski definition) is 2. The Morgan fingerprint density at radius 1 is 1.38 bits per heavy atom. The number of aliphatic carboxylic acids is 1. The van der Waals surface area contributed by atoms with E-state index in [1.54, 1.807) is 6.07 Å². The van der Waals surface area contributed by atoms with Crippen LogP contribution in [0, 0.1) is 0 Å². The Kier molecular flexibility index (Phi) is 3.54. The molecule has 7 nitrogen and oxygen atoms in total. The second kappa shape index (κ2) is 5.36. The summed E-state index contributed by atoms with van der Waals surface area (Å²) in [6, 6.07) is 0.424. The van der Waals surface area contributed by atoms with Crippen LogP contribution in [-0.2, 0) is 16.0 Å². The van der Waals surface area contributed by atoms with E-state index < -0.39 is 12.0 Å². The summed E-state index contributed by atoms with van der Waals surface area (Å²) in [6.45, 7) is 1.16. The molecule has 1 aromatic heterocycles. The minimum atomic E-state index is -1.04. The molecule has 2 aliphatic rings. The molecule has 1 fully saturated rings. The Balaban J connectivity index is 1.85. The van der Waals surface area contributed by atoms with E-state index in [0.29, 0.717) is 31.6 Å². The number of thiophene rings is 1. The van der Waals surface area contributed by atoms with Gasteiger partial charge in [-0.1, -0.05) is 0 Å². The highest BCUT2D eigenvalue weighted by Gasteiger charge is 2.39. The van der Waals surface area contributed by atoms with Gasteiger partial charge in [-0.15, -0.1) is 11.3 Å². The molecule has 0 radical (unpaired) electrons. The number of rotatable bonds is 1. The quantitative estimate of drug-likeness (QED) is 0.780. The number of carboxylic acid groups (broad SMARTS) is 1. The Morgan fingerprint density at radius 2 is 2.19 bits per heavy atom. The predicted octanol–water partition coefficient (Wildman–Crippen LogP) is 0.284. The second-order valence-electron chi connectivity index (χ2n) is 5.04. The SMILES string of the molecule is O=C1CN(C(=O)N2CCc3sccc3C2C(=O)O)CCN1. The average molecular weight is 309 g/mol. The molecule has 0 spiro atoms. The van der Waals surface area contributed by atoms with Crippen molar-refractivity contribution >= 4 is 29.2 Å². The molecular weight excluding hydrogens is 294 g/mol. The van der Waals surface area contributed by atoms with E-state index in [0.717, 1.165) is 4.88 Å². The molecule has 0 saturated carbocycles. The molecule has 1 unspecified atom stereocenters. The van der Waals surface area contributed by atoms with Crippen LogP contribution in [-0.4, -0.2) is 59.0 Å². The van der Waals surface area contributed by atoms with Gasteiger partial charge in [-0.2, -0.15) is 0 Å². The van der Waals surface area contributed by atoms with E-state index in [-0.39, 0.29) is 18.5 Å². The Hall–Kier alpha value is -2.09. The van der Waals surface area contributed by atoms with Crippen molar-refractivity contribution in [2.75, 3.05) is 26.2 Å². The maximum Gasteiger partial charge on any atom is 0.331 e. The number of hydrogen-bond acceptors (Lipinski definition) is 4. The summed E-state index contributed by atoms with van der Waals surface area (Å²) in [5.41, 5.74) is 0.688. The van der Waals surface area contributed by atoms with Crippen LogP contribution >= 0.6 is 11.3 Å². The van der Waals surface area contributed by atoms with Gasteiger partial charge in [-0.3, -0.25) is 4.79 Å². The van der Waals surface area contributed by atoms with Crippen LogP contribution in [0.4, 0.5) is 4.79 Å². The van der Waals surface area contributed by atoms with Gasteiger partial charge in [-0.25, -0.2) is 9.59 Å². The molecule has 1 aromatic rings. The summed E-state index contributed by atoms with van der Waals surface area (Å²) in [5.74, 6) is -1.25. The number of carbonyl (C=O) groups excluding carboxylic acids is 2. The summed E-state index contributed by atoms with van der Waals surface area (Å²) >= 11 is 1.52. The zero-order chi connectivity index (χ0) is 15.0. The first-order valence-electron chi connectivity index (χ1n) is 6.69. The topological polar surface area (TPSA) is 90.0 Å². The number of amides is 3. The fourth-order valence-corrected chi connectivity index (χ4v) is 3.68. The van der Waals surface area contributed by atoms with Crippen molar-refractivity contribution in [2.45, 2.75) is 12.5 Å². The van der Waals surface area contributed by atoms with E-state index in [2.05, 4.69) is 5.32 Å². The highest BCUT2D eigenvalue weighted by Crippen LogP contribution is 2.34. The van der Waals surface area contributed by atoms with Crippen LogP contribution in [0.3, 0.4) is 0 Å². The van der Waals surface area contributed by atoms with Crippen molar-refractivity contribution in [3.05, 3.63) is 21.9 Å². The molecule has 8 heteroatoms. The van der Waals surface area contributed by atoms with Gasteiger partial charge in [0.2, 0.25) is 5.91 Å². The van der Waals surface area contributed by atoms with E-state index in [4.69, 9.17) is 0 Å². The lowest BCUT2D eigenvalue weighted by Gasteiger charge is -2.38. The van der Waals surface area contributed by atoms with Gasteiger partial charge >= 0.3 is 12.0 Å². The highest BCUT2D eigenvalue weighted by atomic mass is 32.1. The van der Waals surface area contributed by atoms with Crippen LogP contribution in [0.1, 0.15) is 16.5 Å². The zero-order valence-corrected chi connectivity index (χ0v) is 12.1. The lowest BCUT2D eigenvalue weighted by molar-refractivity contribution is -0.143. The first kappa shape index (κ1) is 13.9. The number of piperazine rings is 1. The van der Waals surface area contributed by atoms with Gasteiger partial charge < -0.3 is 20.2 Å². The molecule has 0 aromatic carbocycles. The Bertz CT molecular complexity index is 600. The van der Waals surface area contributed by atoms with E-state index >= 15 is 0 Å². The smallest absolute Gasteiger partial charge is 0.331 e. The number of nitrogens with zero attached hydrogens (tertiary/aromatic N) is 2. The zero-order valence-electron chi connectivity index (χ0n) is 11.2. The molecule has 0 aliphatic carbocycles. The van der Waals surface area contributed by atoms with E-state index in [1.807, 2.05) is 5.38 Å². The molecular formula is C13H15N3O4S. The number of urea groups is 1. The lowest BCUT2D eigenvalue weighted by atomic mass is 10.0. The van der Waals surface area contributed by atoms with Gasteiger partial charge in [-0.05, 0) is 23.4 Å². The van der Waals surface area contributed by atoms with Crippen LogP contribution < -0.4 is 5.32 Å². The van der Waals surface area contributed by atoms with Crippen molar-refractivity contribution in [3.8, 4) is 0 Å². The molecule has 3 amide bonds. The number of fused-ring (bicyclic) bond motifs is 1. The summed E-state index contributed by atoms with van der Waals surface area (Å²) in [6.07, 6.45) is 0.655. The van der Waals surface area contributed by atoms with Gasteiger partial charge in [0.15, 0.2) is 6.04 Å². The first-order valence-corrected chi connectivity index (χ1v) is 7.57. The summed E-state index contributed by atoms with van der Waals surface area (Å²) in [4.78, 5) is 39.3. The van der Waals surface area contributed by atoms with Gasteiger partial charge in [0.05, 0.1) is 0 Å². The lowest BCUT2D eigenvalue weighted by Crippen LogP contribution is -2.56. The molecule has 112 valence electrons. The van der Waals surface area contributed by atoms with Crippen molar-refractivity contribution in [1.82, 2.24) is 15.1 Å². The third-order valence-corrected chi connectivity index (χ3v) is 4.75. The predicted molar refractivity (Wildman–Crippen MR) is 75.1 cm³/mol. The molecule has 2 aliphatic heterocycles. The summed E-state index contributed by atoms with van der Waals surface area (Å²) < 4.78 is 0. The fourth-order valence-electron chi connectivity index (χ4n) is 2.77. The second-order valence-corrected chi connectivity index (χ2v) is 6.04. The number of carboxylic acids is 1. The van der Waals surface area contributed by atoms with Gasteiger partial charge in [0.1, 0.15) is 6.54 Å². The van der Waals surface area contributed by atoms with Crippen LogP contribution in [0.5, 0.6) is 0 Å². The maximum atomic E-state index is 12.6. The van der Waals surface area contributed by atoms with Gasteiger partial charge in [0.25, 0.3) is 0 Å². The highest BCUT2D eigenvalue weighted by molar-refractivity contribution is 7.10. The third kappa shape index (κ3) is 2.46. The fraction of sp³-hybridized carbons (Fsp3) is 0.462. The third-order valence-electron chi connectivity index (χ3n) is 3.75. The largest absolute Gasteiger partial charge is 0.479 e. The normalized spacial score (nSPS) is 21.7. The van der Waals surface area contributed by atoms with Crippen molar-refractivity contribution in [3.63, 3.8) is 0 Å². The molecule has 2 N–H and O–H groups in total. The number of nitrogens with one attached hydrogen (secondary N) is 1. The van der Waals surface area contributed by atoms with Crippen LogP contribution in [0.25, 0.3) is 0 Å². The molecule has 21 heavy (non-hydrogen) atoms. The Morgan fingerprint density at radius 3 is 2.90 bits per heavy atom. The standard InChI is InChI=1S/C13H15N3O4S/c17-10-7-15(5-3-14-10)13(20)16-4-1-9-8(2-6-21-9)11(16)12(18)19/h2,6,11H,1,3-5,7H2,(H,14,17)(H,18,19). The average Bonchev–Trinajstić information content (AvgIpc) is 2.93.